The van der Waals surface area contributed by atoms with Gasteiger partial charge >= 0.3 is 0 Å². The van der Waals surface area contributed by atoms with Gasteiger partial charge in [0.25, 0.3) is 0 Å². The first-order chi connectivity index (χ1) is 8.38. The van der Waals surface area contributed by atoms with E-state index in [-0.39, 0.29) is 0 Å². The SMILES string of the molecule is CS(=O)(=O)c1cccc(-c2ccc(Br)cc2Cl)c1. The van der Waals surface area contributed by atoms with Gasteiger partial charge in [-0.2, -0.15) is 0 Å². The van der Waals surface area contributed by atoms with Crippen molar-refractivity contribution in [3.8, 4) is 11.1 Å². The van der Waals surface area contributed by atoms with Gasteiger partial charge in [0, 0.05) is 21.3 Å². The van der Waals surface area contributed by atoms with Gasteiger partial charge in [0.2, 0.25) is 0 Å². The standard InChI is InChI=1S/C13H10BrClO2S/c1-18(16,17)11-4-2-3-9(7-11)12-6-5-10(14)8-13(12)15/h2-8H,1H3. The topological polar surface area (TPSA) is 34.1 Å². The molecule has 0 bridgehead atoms. The Bertz CT molecular complexity index is 696. The van der Waals surface area contributed by atoms with E-state index in [4.69, 9.17) is 11.6 Å². The lowest BCUT2D eigenvalue weighted by Gasteiger charge is -2.07. The van der Waals surface area contributed by atoms with E-state index in [0.717, 1.165) is 15.6 Å². The summed E-state index contributed by atoms with van der Waals surface area (Å²) in [5.74, 6) is 0. The summed E-state index contributed by atoms with van der Waals surface area (Å²) in [5.41, 5.74) is 1.60. The van der Waals surface area contributed by atoms with Crippen molar-refractivity contribution in [3.63, 3.8) is 0 Å². The Labute approximate surface area is 120 Å². The molecule has 0 saturated heterocycles. The van der Waals surface area contributed by atoms with Crippen LogP contribution in [0.4, 0.5) is 0 Å². The van der Waals surface area contributed by atoms with Crippen LogP contribution in [0.3, 0.4) is 0 Å². The Kier molecular flexibility index (Phi) is 3.80. The Morgan fingerprint density at radius 3 is 2.44 bits per heavy atom. The molecular weight excluding hydrogens is 336 g/mol. The summed E-state index contributed by atoms with van der Waals surface area (Å²) in [6.45, 7) is 0. The van der Waals surface area contributed by atoms with Gasteiger partial charge in [0.05, 0.1) is 4.90 Å². The van der Waals surface area contributed by atoms with E-state index in [9.17, 15) is 8.42 Å². The average molecular weight is 346 g/mol. The second kappa shape index (κ2) is 5.03. The van der Waals surface area contributed by atoms with Crippen molar-refractivity contribution in [2.24, 2.45) is 0 Å². The van der Waals surface area contributed by atoms with Gasteiger partial charge in [-0.25, -0.2) is 8.42 Å². The third-order valence-electron chi connectivity index (χ3n) is 2.50. The first kappa shape index (κ1) is 13.6. The number of sulfone groups is 1. The molecule has 0 aliphatic heterocycles. The van der Waals surface area contributed by atoms with Crippen molar-refractivity contribution in [2.75, 3.05) is 6.26 Å². The Balaban J connectivity index is 2.58. The summed E-state index contributed by atoms with van der Waals surface area (Å²) in [5, 5.41) is 0.579. The highest BCUT2D eigenvalue weighted by Crippen LogP contribution is 2.31. The second-order valence-corrected chi connectivity index (χ2v) is 7.26. The molecule has 0 fully saturated rings. The van der Waals surface area contributed by atoms with Crippen molar-refractivity contribution < 1.29 is 8.42 Å². The number of hydrogen-bond donors (Lipinski definition) is 0. The number of benzene rings is 2. The summed E-state index contributed by atoms with van der Waals surface area (Å²) in [6.07, 6.45) is 1.19. The van der Waals surface area contributed by atoms with Crippen LogP contribution in [-0.2, 0) is 9.84 Å². The molecule has 94 valence electrons. The van der Waals surface area contributed by atoms with Crippen molar-refractivity contribution in [3.05, 3.63) is 52.0 Å². The predicted molar refractivity (Wildman–Crippen MR) is 77.7 cm³/mol. The van der Waals surface area contributed by atoms with E-state index in [1.165, 1.54) is 6.26 Å². The molecule has 0 amide bonds. The van der Waals surface area contributed by atoms with Crippen molar-refractivity contribution in [1.82, 2.24) is 0 Å². The van der Waals surface area contributed by atoms with Crippen LogP contribution in [0.2, 0.25) is 5.02 Å². The van der Waals surface area contributed by atoms with E-state index in [0.29, 0.717) is 9.92 Å². The maximum absolute atomic E-state index is 11.5. The monoisotopic (exact) mass is 344 g/mol. The zero-order valence-corrected chi connectivity index (χ0v) is 12.7. The van der Waals surface area contributed by atoms with Gasteiger partial charge in [-0.05, 0) is 29.8 Å². The third kappa shape index (κ3) is 2.94. The Morgan fingerprint density at radius 2 is 1.83 bits per heavy atom. The highest BCUT2D eigenvalue weighted by atomic mass is 79.9. The van der Waals surface area contributed by atoms with Crippen LogP contribution in [-0.4, -0.2) is 14.7 Å². The van der Waals surface area contributed by atoms with E-state index in [1.54, 1.807) is 24.3 Å². The van der Waals surface area contributed by atoms with Crippen molar-refractivity contribution in [2.45, 2.75) is 4.90 Å². The zero-order chi connectivity index (χ0) is 13.3. The van der Waals surface area contributed by atoms with Crippen LogP contribution in [0.5, 0.6) is 0 Å². The molecule has 0 radical (unpaired) electrons. The average Bonchev–Trinajstić information content (AvgIpc) is 2.28. The molecule has 0 unspecified atom stereocenters. The van der Waals surface area contributed by atoms with Gasteiger partial charge < -0.3 is 0 Å². The Hall–Kier alpha value is -0.840. The molecule has 5 heteroatoms. The minimum Gasteiger partial charge on any atom is -0.224 e. The summed E-state index contributed by atoms with van der Waals surface area (Å²) in [7, 11) is -3.21. The molecule has 0 aliphatic carbocycles. The van der Waals surface area contributed by atoms with Crippen molar-refractivity contribution in [1.29, 1.82) is 0 Å². The Morgan fingerprint density at radius 1 is 1.11 bits per heavy atom. The maximum atomic E-state index is 11.5. The van der Waals surface area contributed by atoms with Crippen LogP contribution < -0.4 is 0 Å². The predicted octanol–water partition coefficient (Wildman–Crippen LogP) is 4.17. The molecule has 2 aromatic carbocycles. The summed E-state index contributed by atoms with van der Waals surface area (Å²) >= 11 is 9.49. The molecule has 2 rings (SSSR count). The number of rotatable bonds is 2. The zero-order valence-electron chi connectivity index (χ0n) is 9.52. The van der Waals surface area contributed by atoms with E-state index < -0.39 is 9.84 Å². The van der Waals surface area contributed by atoms with Gasteiger partial charge in [-0.3, -0.25) is 0 Å². The fourth-order valence-electron chi connectivity index (χ4n) is 1.62. The normalized spacial score (nSPS) is 11.5. The summed E-state index contributed by atoms with van der Waals surface area (Å²) in [4.78, 5) is 0.291. The van der Waals surface area contributed by atoms with Gasteiger partial charge in [0.15, 0.2) is 9.84 Å². The quantitative estimate of drug-likeness (QED) is 0.818. The molecule has 0 heterocycles. The lowest BCUT2D eigenvalue weighted by molar-refractivity contribution is 0.602. The first-order valence-corrected chi connectivity index (χ1v) is 8.20. The first-order valence-electron chi connectivity index (χ1n) is 5.13. The largest absolute Gasteiger partial charge is 0.224 e. The highest BCUT2D eigenvalue weighted by Gasteiger charge is 2.10. The van der Waals surface area contributed by atoms with Gasteiger partial charge in [-0.1, -0.05) is 45.7 Å². The minimum atomic E-state index is -3.21. The van der Waals surface area contributed by atoms with E-state index in [2.05, 4.69) is 15.9 Å². The molecule has 0 N–H and O–H groups in total. The fourth-order valence-corrected chi connectivity index (χ4v) is 3.07. The highest BCUT2D eigenvalue weighted by molar-refractivity contribution is 9.10. The third-order valence-corrected chi connectivity index (χ3v) is 4.42. The molecule has 0 atom stereocenters. The molecule has 18 heavy (non-hydrogen) atoms. The van der Waals surface area contributed by atoms with Gasteiger partial charge in [-0.15, -0.1) is 0 Å². The molecular formula is C13H10BrClO2S. The van der Waals surface area contributed by atoms with E-state index >= 15 is 0 Å². The fraction of sp³-hybridized carbons (Fsp3) is 0.0769. The maximum Gasteiger partial charge on any atom is 0.175 e. The lowest BCUT2D eigenvalue weighted by Crippen LogP contribution is -1.96. The van der Waals surface area contributed by atoms with Crippen molar-refractivity contribution >= 4 is 37.4 Å². The van der Waals surface area contributed by atoms with Crippen LogP contribution in [0, 0.1) is 0 Å². The molecule has 0 aromatic heterocycles. The van der Waals surface area contributed by atoms with E-state index in [1.807, 2.05) is 18.2 Å². The molecule has 2 aromatic rings. The summed E-state index contributed by atoms with van der Waals surface area (Å²) in [6, 6.07) is 12.3. The molecule has 2 nitrogen and oxygen atoms in total. The van der Waals surface area contributed by atoms with Crippen LogP contribution in [0.1, 0.15) is 0 Å². The smallest absolute Gasteiger partial charge is 0.175 e. The number of hydrogen-bond acceptors (Lipinski definition) is 2. The molecule has 0 spiro atoms. The molecule has 0 saturated carbocycles. The lowest BCUT2D eigenvalue weighted by atomic mass is 10.1. The molecule has 0 aliphatic rings. The second-order valence-electron chi connectivity index (χ2n) is 3.92. The van der Waals surface area contributed by atoms with Gasteiger partial charge in [0.1, 0.15) is 0 Å². The van der Waals surface area contributed by atoms with Crippen LogP contribution in [0.15, 0.2) is 51.8 Å². The number of halogens is 2. The van der Waals surface area contributed by atoms with Crippen LogP contribution in [0.25, 0.3) is 11.1 Å². The minimum absolute atomic E-state index is 0.291. The van der Waals surface area contributed by atoms with Crippen LogP contribution >= 0.6 is 27.5 Å². The summed E-state index contributed by atoms with van der Waals surface area (Å²) < 4.78 is 23.9.